The highest BCUT2D eigenvalue weighted by atomic mass is 14.1. The van der Waals surface area contributed by atoms with Crippen LogP contribution in [-0.2, 0) is 0 Å². The lowest BCUT2D eigenvalue weighted by atomic mass is 10.2. The van der Waals surface area contributed by atoms with Gasteiger partial charge in [-0.05, 0) is 32.6 Å². The van der Waals surface area contributed by atoms with Gasteiger partial charge in [0.2, 0.25) is 0 Å². The first-order valence-corrected chi connectivity index (χ1v) is 2.72. The van der Waals surface area contributed by atoms with E-state index in [9.17, 15) is 0 Å². The molecule has 0 aromatic heterocycles. The molecule has 0 bridgehead atoms. The van der Waals surface area contributed by atoms with E-state index < -0.39 is 0 Å². The summed E-state index contributed by atoms with van der Waals surface area (Å²) in [6, 6.07) is 0. The Kier molecular flexibility index (Phi) is 1.18. The molecule has 7 heavy (non-hydrogen) atoms. The first-order valence-electron chi connectivity index (χ1n) is 2.72. The highest BCUT2D eigenvalue weighted by Gasteiger charge is 2.05. The fourth-order valence-corrected chi connectivity index (χ4v) is 0.926. The van der Waals surface area contributed by atoms with Crippen LogP contribution >= 0.6 is 0 Å². The number of hydrogen-bond donors (Lipinski definition) is 0. The molecule has 0 spiro atoms. The smallest absolute Gasteiger partial charge is 0.0194 e. The van der Waals surface area contributed by atoms with Crippen molar-refractivity contribution >= 4 is 0 Å². The second-order valence-electron chi connectivity index (χ2n) is 2.22. The Morgan fingerprint density at radius 2 is 2.57 bits per heavy atom. The molecule has 2 radical (unpaired) electrons. The van der Waals surface area contributed by atoms with Gasteiger partial charge in [-0.15, -0.1) is 0 Å². The molecule has 0 saturated carbocycles. The topological polar surface area (TPSA) is 0 Å². The fourth-order valence-electron chi connectivity index (χ4n) is 0.926. The van der Waals surface area contributed by atoms with Gasteiger partial charge in [0.25, 0.3) is 0 Å². The minimum Gasteiger partial charge on any atom is -0.0822 e. The molecule has 1 atom stereocenters. The molecule has 0 saturated heterocycles. The molecule has 0 fully saturated rings. The Bertz CT molecular complexity index is 90.2. The van der Waals surface area contributed by atoms with Gasteiger partial charge in [-0.2, -0.15) is 0 Å². The maximum Gasteiger partial charge on any atom is -0.0194 e. The van der Waals surface area contributed by atoms with Crippen molar-refractivity contribution < 1.29 is 0 Å². The normalized spacial score (nSPS) is 30.6. The van der Waals surface area contributed by atoms with E-state index in [2.05, 4.69) is 13.0 Å². The van der Waals surface area contributed by atoms with Crippen molar-refractivity contribution in [1.29, 1.82) is 0 Å². The third kappa shape index (κ3) is 1.05. The second kappa shape index (κ2) is 1.69. The fraction of sp³-hybridized carbons (Fsp3) is 0.571. The van der Waals surface area contributed by atoms with Gasteiger partial charge >= 0.3 is 0 Å². The molecule has 1 aliphatic rings. The average Bonchev–Trinajstić information content (AvgIpc) is 1.87. The molecule has 0 nitrogen and oxygen atoms in total. The molecule has 0 N–H and O–H groups in total. The van der Waals surface area contributed by atoms with Gasteiger partial charge in [0.15, 0.2) is 0 Å². The van der Waals surface area contributed by atoms with Gasteiger partial charge in [-0.25, -0.2) is 0 Å². The zero-order chi connectivity index (χ0) is 5.28. The first kappa shape index (κ1) is 4.89. The Morgan fingerprint density at radius 3 is 2.71 bits per heavy atom. The highest BCUT2D eigenvalue weighted by molar-refractivity contribution is 5.08. The van der Waals surface area contributed by atoms with Crippen LogP contribution in [0.25, 0.3) is 0 Å². The van der Waals surface area contributed by atoms with Crippen LogP contribution in [0.2, 0.25) is 0 Å². The molecule has 0 heterocycles. The van der Waals surface area contributed by atoms with Crippen molar-refractivity contribution in [3.8, 4) is 0 Å². The molecule has 0 heteroatoms. The summed E-state index contributed by atoms with van der Waals surface area (Å²) in [4.78, 5) is 0. The standard InChI is InChI=1S/C7H10/c1-6-3-4-7(2)5-6/h1,5-6H,3-4H2,2H3. The Labute approximate surface area is 45.2 Å². The van der Waals surface area contributed by atoms with Gasteiger partial charge < -0.3 is 0 Å². The maximum absolute atomic E-state index is 5.55. The Hall–Kier alpha value is -0.260. The summed E-state index contributed by atoms with van der Waals surface area (Å²) in [5.74, 6) is 0.361. The largest absolute Gasteiger partial charge is 0.0822 e. The minimum atomic E-state index is 0.361. The van der Waals surface area contributed by atoms with Crippen LogP contribution in [-0.4, -0.2) is 0 Å². The predicted octanol–water partition coefficient (Wildman–Crippen LogP) is 2.05. The van der Waals surface area contributed by atoms with Crippen molar-refractivity contribution in [3.05, 3.63) is 18.6 Å². The van der Waals surface area contributed by atoms with E-state index >= 15 is 0 Å². The Morgan fingerprint density at radius 1 is 1.86 bits per heavy atom. The van der Waals surface area contributed by atoms with E-state index in [1.807, 2.05) is 0 Å². The zero-order valence-corrected chi connectivity index (χ0v) is 4.65. The van der Waals surface area contributed by atoms with Crippen molar-refractivity contribution in [1.82, 2.24) is 0 Å². The van der Waals surface area contributed by atoms with E-state index in [1.165, 1.54) is 12.0 Å². The highest BCUT2D eigenvalue weighted by Crippen LogP contribution is 2.21. The average molecular weight is 94.2 g/mol. The van der Waals surface area contributed by atoms with Crippen LogP contribution in [0.5, 0.6) is 0 Å². The number of allylic oxidation sites excluding steroid dienone is 2. The predicted molar refractivity (Wildman–Crippen MR) is 30.8 cm³/mol. The first-order chi connectivity index (χ1) is 3.29. The monoisotopic (exact) mass is 94.1 g/mol. The van der Waals surface area contributed by atoms with E-state index in [-0.39, 0.29) is 0 Å². The van der Waals surface area contributed by atoms with E-state index in [1.54, 1.807) is 0 Å². The van der Waals surface area contributed by atoms with Crippen molar-refractivity contribution in [2.75, 3.05) is 0 Å². The van der Waals surface area contributed by atoms with Gasteiger partial charge in [0.05, 0.1) is 0 Å². The second-order valence-corrected chi connectivity index (χ2v) is 2.22. The molecular weight excluding hydrogens is 84.1 g/mol. The summed E-state index contributed by atoms with van der Waals surface area (Å²) in [5, 5.41) is 0. The molecule has 38 valence electrons. The van der Waals surface area contributed by atoms with Gasteiger partial charge in [-0.1, -0.05) is 11.6 Å². The molecule has 0 aromatic rings. The van der Waals surface area contributed by atoms with Gasteiger partial charge in [0, 0.05) is 0 Å². The lowest BCUT2D eigenvalue weighted by molar-refractivity contribution is 0.762. The molecule has 0 aromatic carbocycles. The number of hydrogen-bond acceptors (Lipinski definition) is 0. The molecule has 1 unspecified atom stereocenters. The SMILES string of the molecule is [CH]C1C=C(C)CC1. The molecule has 1 rings (SSSR count). The summed E-state index contributed by atoms with van der Waals surface area (Å²) in [6.07, 6.45) is 4.51. The summed E-state index contributed by atoms with van der Waals surface area (Å²) in [6.45, 7) is 7.68. The molecule has 0 aliphatic heterocycles. The lowest BCUT2D eigenvalue weighted by Crippen LogP contribution is -1.77. The van der Waals surface area contributed by atoms with Crippen LogP contribution in [0.1, 0.15) is 19.8 Å². The summed E-state index contributed by atoms with van der Waals surface area (Å²) in [7, 11) is 0. The summed E-state index contributed by atoms with van der Waals surface area (Å²) >= 11 is 0. The lowest BCUT2D eigenvalue weighted by Gasteiger charge is -1.88. The van der Waals surface area contributed by atoms with Gasteiger partial charge in [-0.3, -0.25) is 0 Å². The molecule has 0 amide bonds. The zero-order valence-electron chi connectivity index (χ0n) is 4.65. The summed E-state index contributed by atoms with van der Waals surface area (Å²) in [5.41, 5.74) is 1.45. The quantitative estimate of drug-likeness (QED) is 0.403. The van der Waals surface area contributed by atoms with E-state index in [0.717, 1.165) is 6.42 Å². The number of rotatable bonds is 0. The van der Waals surface area contributed by atoms with Crippen molar-refractivity contribution in [2.45, 2.75) is 19.8 Å². The van der Waals surface area contributed by atoms with E-state index in [4.69, 9.17) is 6.92 Å². The van der Waals surface area contributed by atoms with Crippen molar-refractivity contribution in [3.63, 3.8) is 0 Å². The third-order valence-corrected chi connectivity index (χ3v) is 1.37. The molecule has 1 aliphatic carbocycles. The third-order valence-electron chi connectivity index (χ3n) is 1.37. The maximum atomic E-state index is 5.55. The van der Waals surface area contributed by atoms with Gasteiger partial charge in [0.1, 0.15) is 0 Å². The van der Waals surface area contributed by atoms with E-state index in [0.29, 0.717) is 5.92 Å². The molecular formula is C7H10. The van der Waals surface area contributed by atoms with Crippen LogP contribution in [0.3, 0.4) is 0 Å². The Balaban J connectivity index is 2.50. The van der Waals surface area contributed by atoms with Crippen LogP contribution in [0, 0.1) is 12.8 Å². The minimum absolute atomic E-state index is 0.361. The summed E-state index contributed by atoms with van der Waals surface area (Å²) < 4.78 is 0. The van der Waals surface area contributed by atoms with Crippen LogP contribution in [0.4, 0.5) is 0 Å². The van der Waals surface area contributed by atoms with Crippen LogP contribution < -0.4 is 0 Å². The van der Waals surface area contributed by atoms with Crippen LogP contribution in [0.15, 0.2) is 11.6 Å². The van der Waals surface area contributed by atoms with Crippen molar-refractivity contribution in [2.24, 2.45) is 5.92 Å².